The van der Waals surface area contributed by atoms with Crippen molar-refractivity contribution in [1.29, 1.82) is 0 Å². The standard InChI is InChI=1S/C23H31N3O3/c1-2-25-11-13-26(14-12-25)10-9-24-22(28)20-17-7-8-23(21(17)20)15-18(27)16-5-3-4-6-19(16)29-23/h3-6,17,20-21H,2,7-15H2,1H3,(H,24,28)/t17-,20+,21+,23-/m0/s1. The maximum absolute atomic E-state index is 12.8. The highest BCUT2D eigenvalue weighted by Crippen LogP contribution is 2.65. The highest BCUT2D eigenvalue weighted by molar-refractivity contribution is 6.00. The third-order valence-electron chi connectivity index (χ3n) is 7.58. The first kappa shape index (κ1) is 19.1. The molecule has 1 aromatic carbocycles. The van der Waals surface area contributed by atoms with Crippen molar-refractivity contribution in [2.45, 2.75) is 31.8 Å². The Bertz CT molecular complexity index is 804. The fourth-order valence-electron chi connectivity index (χ4n) is 5.90. The van der Waals surface area contributed by atoms with Gasteiger partial charge in [0.1, 0.15) is 11.4 Å². The maximum atomic E-state index is 12.8. The monoisotopic (exact) mass is 397 g/mol. The van der Waals surface area contributed by atoms with Gasteiger partial charge < -0.3 is 15.0 Å². The molecule has 4 atom stereocenters. The summed E-state index contributed by atoms with van der Waals surface area (Å²) in [5, 5.41) is 3.16. The second-order valence-corrected chi connectivity index (χ2v) is 9.08. The van der Waals surface area contributed by atoms with E-state index in [0.29, 0.717) is 30.2 Å². The molecule has 29 heavy (non-hydrogen) atoms. The first-order valence-electron chi connectivity index (χ1n) is 11.1. The number of nitrogens with one attached hydrogen (secondary N) is 1. The molecule has 2 aliphatic carbocycles. The Hall–Kier alpha value is -1.92. The lowest BCUT2D eigenvalue weighted by molar-refractivity contribution is -0.124. The molecule has 6 nitrogen and oxygen atoms in total. The molecule has 1 amide bonds. The highest BCUT2D eigenvalue weighted by atomic mass is 16.5. The smallest absolute Gasteiger partial charge is 0.223 e. The molecule has 4 aliphatic rings. The van der Waals surface area contributed by atoms with Crippen LogP contribution in [0.5, 0.6) is 5.75 Å². The SMILES string of the molecule is CCN1CCN(CCNC(=O)[C@@H]2[C@@H]3CC[C@]4(CC(=O)c5ccccc5O4)[C@H]32)CC1. The van der Waals surface area contributed by atoms with E-state index in [9.17, 15) is 9.59 Å². The number of para-hydroxylation sites is 1. The summed E-state index contributed by atoms with van der Waals surface area (Å²) in [5.74, 6) is 1.58. The second kappa shape index (κ2) is 7.40. The van der Waals surface area contributed by atoms with Gasteiger partial charge in [-0.2, -0.15) is 0 Å². The van der Waals surface area contributed by atoms with Gasteiger partial charge in [-0.25, -0.2) is 0 Å². The van der Waals surface area contributed by atoms with E-state index in [1.165, 1.54) is 0 Å². The summed E-state index contributed by atoms with van der Waals surface area (Å²) < 4.78 is 6.39. The second-order valence-electron chi connectivity index (χ2n) is 9.08. The quantitative estimate of drug-likeness (QED) is 0.821. The predicted octanol–water partition coefficient (Wildman–Crippen LogP) is 1.80. The number of amides is 1. The van der Waals surface area contributed by atoms with Crippen molar-refractivity contribution in [1.82, 2.24) is 15.1 Å². The number of carbonyl (C=O) groups excluding carboxylic acids is 2. The van der Waals surface area contributed by atoms with Crippen LogP contribution in [0.15, 0.2) is 24.3 Å². The summed E-state index contributed by atoms with van der Waals surface area (Å²) in [6, 6.07) is 7.52. The molecular formula is C23H31N3O3. The minimum atomic E-state index is -0.464. The van der Waals surface area contributed by atoms with Crippen molar-refractivity contribution in [3.8, 4) is 5.75 Å². The molecule has 0 bridgehead atoms. The Morgan fingerprint density at radius 2 is 1.97 bits per heavy atom. The summed E-state index contributed by atoms with van der Waals surface area (Å²) >= 11 is 0. The molecule has 5 rings (SSSR count). The molecule has 2 aliphatic heterocycles. The third-order valence-corrected chi connectivity index (χ3v) is 7.58. The van der Waals surface area contributed by atoms with Gasteiger partial charge in [-0.3, -0.25) is 14.5 Å². The molecule has 156 valence electrons. The zero-order valence-corrected chi connectivity index (χ0v) is 17.2. The fraction of sp³-hybridized carbons (Fsp3) is 0.652. The molecule has 2 heterocycles. The molecular weight excluding hydrogens is 366 g/mol. The van der Waals surface area contributed by atoms with Gasteiger partial charge in [0.2, 0.25) is 5.91 Å². The average Bonchev–Trinajstić information content (AvgIpc) is 3.39. The van der Waals surface area contributed by atoms with E-state index in [4.69, 9.17) is 4.74 Å². The average molecular weight is 398 g/mol. The van der Waals surface area contributed by atoms with E-state index in [-0.39, 0.29) is 23.5 Å². The maximum Gasteiger partial charge on any atom is 0.223 e. The van der Waals surface area contributed by atoms with E-state index in [1.807, 2.05) is 24.3 Å². The van der Waals surface area contributed by atoms with Crippen LogP contribution in [0.2, 0.25) is 0 Å². The van der Waals surface area contributed by atoms with Crippen LogP contribution in [0, 0.1) is 17.8 Å². The number of rotatable bonds is 5. The van der Waals surface area contributed by atoms with Crippen LogP contribution in [0.3, 0.4) is 0 Å². The van der Waals surface area contributed by atoms with E-state index in [0.717, 1.165) is 52.1 Å². The fourth-order valence-corrected chi connectivity index (χ4v) is 5.90. The van der Waals surface area contributed by atoms with Crippen molar-refractivity contribution in [2.24, 2.45) is 17.8 Å². The van der Waals surface area contributed by atoms with Crippen LogP contribution in [0.4, 0.5) is 0 Å². The lowest BCUT2D eigenvalue weighted by Gasteiger charge is -2.37. The van der Waals surface area contributed by atoms with Gasteiger partial charge in [-0.15, -0.1) is 0 Å². The van der Waals surface area contributed by atoms with Gasteiger partial charge in [0.15, 0.2) is 5.78 Å². The van der Waals surface area contributed by atoms with E-state index >= 15 is 0 Å². The van der Waals surface area contributed by atoms with Gasteiger partial charge in [-0.05, 0) is 37.4 Å². The molecule has 0 unspecified atom stereocenters. The number of hydrogen-bond donors (Lipinski definition) is 1. The zero-order valence-electron chi connectivity index (χ0n) is 17.2. The molecule has 2 saturated carbocycles. The molecule has 6 heteroatoms. The first-order chi connectivity index (χ1) is 14.1. The van der Waals surface area contributed by atoms with Crippen molar-refractivity contribution in [3.63, 3.8) is 0 Å². The van der Waals surface area contributed by atoms with Gasteiger partial charge in [0.25, 0.3) is 0 Å². The zero-order chi connectivity index (χ0) is 20.0. The van der Waals surface area contributed by atoms with Crippen LogP contribution in [-0.2, 0) is 4.79 Å². The predicted molar refractivity (Wildman–Crippen MR) is 110 cm³/mol. The summed E-state index contributed by atoms with van der Waals surface area (Å²) in [6.45, 7) is 9.34. The van der Waals surface area contributed by atoms with Gasteiger partial charge in [0, 0.05) is 51.1 Å². The third kappa shape index (κ3) is 3.36. The van der Waals surface area contributed by atoms with Crippen LogP contribution in [0.1, 0.15) is 36.5 Å². The Balaban J connectivity index is 1.15. The first-order valence-corrected chi connectivity index (χ1v) is 11.1. The molecule has 1 N–H and O–H groups in total. The molecule has 0 radical (unpaired) electrons. The van der Waals surface area contributed by atoms with Crippen LogP contribution in [-0.4, -0.2) is 72.9 Å². The largest absolute Gasteiger partial charge is 0.486 e. The number of benzene rings is 1. The van der Waals surface area contributed by atoms with Crippen LogP contribution < -0.4 is 10.1 Å². The molecule has 0 aromatic heterocycles. The number of piperazine rings is 1. The number of ketones is 1. The lowest BCUT2D eigenvalue weighted by atomic mass is 9.84. The molecule has 3 fully saturated rings. The Morgan fingerprint density at radius 3 is 2.76 bits per heavy atom. The number of carbonyl (C=O) groups is 2. The molecule has 1 spiro atoms. The lowest BCUT2D eigenvalue weighted by Crippen LogP contribution is -2.48. The summed E-state index contributed by atoms with van der Waals surface area (Å²) in [5.41, 5.74) is 0.223. The van der Waals surface area contributed by atoms with Gasteiger partial charge >= 0.3 is 0 Å². The van der Waals surface area contributed by atoms with Crippen molar-refractivity contribution >= 4 is 11.7 Å². The summed E-state index contributed by atoms with van der Waals surface area (Å²) in [6.07, 6.45) is 2.28. The number of hydrogen-bond acceptors (Lipinski definition) is 5. The Labute approximate surface area is 172 Å². The highest BCUT2D eigenvalue weighted by Gasteiger charge is 2.70. The Kier molecular flexibility index (Phi) is 4.87. The van der Waals surface area contributed by atoms with Crippen molar-refractivity contribution in [2.75, 3.05) is 45.8 Å². The van der Waals surface area contributed by atoms with Gasteiger partial charge in [0.05, 0.1) is 12.0 Å². The topological polar surface area (TPSA) is 61.9 Å². The normalized spacial score (nSPS) is 33.8. The van der Waals surface area contributed by atoms with E-state index < -0.39 is 5.60 Å². The van der Waals surface area contributed by atoms with Crippen molar-refractivity contribution < 1.29 is 14.3 Å². The number of fused-ring (bicyclic) bond motifs is 3. The Morgan fingerprint density at radius 1 is 1.21 bits per heavy atom. The van der Waals surface area contributed by atoms with E-state index in [2.05, 4.69) is 22.0 Å². The van der Waals surface area contributed by atoms with E-state index in [1.54, 1.807) is 0 Å². The molecule has 1 aromatic rings. The number of ether oxygens (including phenoxy) is 1. The number of nitrogens with zero attached hydrogens (tertiary/aromatic N) is 2. The minimum absolute atomic E-state index is 0.0127. The van der Waals surface area contributed by atoms with Crippen LogP contribution in [0.25, 0.3) is 0 Å². The van der Waals surface area contributed by atoms with Gasteiger partial charge in [-0.1, -0.05) is 19.1 Å². The minimum Gasteiger partial charge on any atom is -0.486 e. The van der Waals surface area contributed by atoms with Crippen molar-refractivity contribution in [3.05, 3.63) is 29.8 Å². The van der Waals surface area contributed by atoms with Crippen LogP contribution >= 0.6 is 0 Å². The molecule has 1 saturated heterocycles. The number of likely N-dealkylation sites (N-methyl/N-ethyl adjacent to an activating group) is 1. The number of Topliss-reactive ketones (excluding diaryl/α,β-unsaturated/α-hetero) is 1. The summed E-state index contributed by atoms with van der Waals surface area (Å²) in [7, 11) is 0. The summed E-state index contributed by atoms with van der Waals surface area (Å²) in [4.78, 5) is 30.4.